The molecule has 1 aromatic carbocycles. The van der Waals surface area contributed by atoms with E-state index in [1.54, 1.807) is 48.5 Å². The molecule has 1 fully saturated rings. The maximum Gasteiger partial charge on any atom is 0.415 e. The molecule has 1 saturated heterocycles. The van der Waals surface area contributed by atoms with Crippen LogP contribution in [0.5, 0.6) is 11.5 Å². The van der Waals surface area contributed by atoms with Gasteiger partial charge in [-0.05, 0) is 36.3 Å². The lowest BCUT2D eigenvalue weighted by Gasteiger charge is -2.25. The van der Waals surface area contributed by atoms with E-state index in [9.17, 15) is 9.59 Å². The smallest absolute Gasteiger partial charge is 0.415 e. The number of allylic oxidation sites excluding steroid dienone is 1. The summed E-state index contributed by atoms with van der Waals surface area (Å²) in [6.07, 6.45) is 4.52. The highest BCUT2D eigenvalue weighted by atomic mass is 16.6. The van der Waals surface area contributed by atoms with Crippen molar-refractivity contribution in [2.45, 2.75) is 6.92 Å². The van der Waals surface area contributed by atoms with Gasteiger partial charge in [-0.3, -0.25) is 9.78 Å². The molecule has 0 aliphatic carbocycles. The Bertz CT molecular complexity index is 917. The number of carbonyl (C=O) groups excluding carboxylic acids is 2. The number of hydrogen-bond acceptors (Lipinski definition) is 6. The maximum atomic E-state index is 12.7. The number of ether oxygens (including phenoxy) is 3. The molecular weight excluding hydrogens is 348 g/mol. The molecule has 2 aromatic rings. The monoisotopic (exact) mass is 366 g/mol. The highest BCUT2D eigenvalue weighted by Crippen LogP contribution is 2.37. The number of benzene rings is 1. The lowest BCUT2D eigenvalue weighted by atomic mass is 10.0. The molecule has 7 nitrogen and oxygen atoms in total. The molecule has 1 aromatic heterocycles. The van der Waals surface area contributed by atoms with E-state index in [0.29, 0.717) is 48.9 Å². The van der Waals surface area contributed by atoms with Crippen molar-refractivity contribution in [2.24, 2.45) is 0 Å². The molecule has 1 amide bonds. The fourth-order valence-electron chi connectivity index (χ4n) is 3.06. The van der Waals surface area contributed by atoms with Crippen LogP contribution in [-0.2, 0) is 4.74 Å². The first kappa shape index (κ1) is 17.2. The Kier molecular flexibility index (Phi) is 4.60. The molecule has 0 spiro atoms. The van der Waals surface area contributed by atoms with Gasteiger partial charge in [0.15, 0.2) is 5.76 Å². The number of aromatic nitrogens is 1. The number of carbonyl (C=O) groups is 2. The van der Waals surface area contributed by atoms with Crippen molar-refractivity contribution in [1.82, 2.24) is 9.88 Å². The minimum Gasteiger partial charge on any atom is -0.452 e. The van der Waals surface area contributed by atoms with Crippen molar-refractivity contribution in [2.75, 3.05) is 26.3 Å². The normalized spacial score (nSPS) is 17.6. The fraction of sp³-hybridized carbons (Fsp3) is 0.250. The second-order valence-corrected chi connectivity index (χ2v) is 6.31. The second kappa shape index (κ2) is 7.20. The Morgan fingerprint density at radius 2 is 2.11 bits per heavy atom. The summed E-state index contributed by atoms with van der Waals surface area (Å²) in [7, 11) is 0. The average molecular weight is 366 g/mol. The third kappa shape index (κ3) is 3.54. The maximum absolute atomic E-state index is 12.7. The lowest BCUT2D eigenvalue weighted by molar-refractivity contribution is 0.0416. The third-order valence-electron chi connectivity index (χ3n) is 4.40. The van der Waals surface area contributed by atoms with Gasteiger partial charge < -0.3 is 19.1 Å². The topological polar surface area (TPSA) is 78.0 Å². The van der Waals surface area contributed by atoms with E-state index in [1.165, 1.54) is 0 Å². The van der Waals surface area contributed by atoms with E-state index in [0.717, 1.165) is 5.56 Å². The summed E-state index contributed by atoms with van der Waals surface area (Å²) in [5, 5.41) is 0. The van der Waals surface area contributed by atoms with Gasteiger partial charge in [-0.2, -0.15) is 0 Å². The summed E-state index contributed by atoms with van der Waals surface area (Å²) in [5.41, 5.74) is 1.94. The fourth-order valence-corrected chi connectivity index (χ4v) is 3.06. The molecule has 0 radical (unpaired) electrons. The second-order valence-electron chi connectivity index (χ2n) is 6.31. The molecule has 0 N–H and O–H groups in total. The molecule has 3 heterocycles. The molecule has 0 bridgehead atoms. The summed E-state index contributed by atoms with van der Waals surface area (Å²) in [5.74, 6) is 0.758. The molecule has 7 heteroatoms. The predicted octanol–water partition coefficient (Wildman–Crippen LogP) is 2.84. The molecule has 0 unspecified atom stereocenters. The summed E-state index contributed by atoms with van der Waals surface area (Å²) in [4.78, 5) is 30.5. The number of pyridine rings is 1. The van der Waals surface area contributed by atoms with Crippen LogP contribution in [0.2, 0.25) is 0 Å². The van der Waals surface area contributed by atoms with Crippen LogP contribution in [-0.4, -0.2) is 48.1 Å². The van der Waals surface area contributed by atoms with E-state index in [2.05, 4.69) is 4.98 Å². The van der Waals surface area contributed by atoms with Crippen molar-refractivity contribution in [1.29, 1.82) is 0 Å². The van der Waals surface area contributed by atoms with E-state index >= 15 is 0 Å². The number of amides is 1. The Morgan fingerprint density at radius 1 is 1.30 bits per heavy atom. The van der Waals surface area contributed by atoms with Gasteiger partial charge in [0.25, 0.3) is 0 Å². The van der Waals surface area contributed by atoms with Crippen molar-refractivity contribution >= 4 is 18.0 Å². The third-order valence-corrected chi connectivity index (χ3v) is 4.40. The first-order valence-corrected chi connectivity index (χ1v) is 8.65. The van der Waals surface area contributed by atoms with Crippen molar-refractivity contribution in [3.8, 4) is 11.5 Å². The molecular formula is C20H18N2O5. The molecule has 4 rings (SSSR count). The van der Waals surface area contributed by atoms with Gasteiger partial charge in [0.1, 0.15) is 11.5 Å². The average Bonchev–Trinajstić information content (AvgIpc) is 2.99. The van der Waals surface area contributed by atoms with Gasteiger partial charge in [-0.25, -0.2) is 4.79 Å². The molecule has 27 heavy (non-hydrogen) atoms. The Hall–Kier alpha value is -3.19. The highest BCUT2D eigenvalue weighted by Gasteiger charge is 2.30. The van der Waals surface area contributed by atoms with Crippen molar-refractivity contribution in [3.63, 3.8) is 0 Å². The van der Waals surface area contributed by atoms with Crippen LogP contribution in [0.4, 0.5) is 4.79 Å². The summed E-state index contributed by atoms with van der Waals surface area (Å²) in [6.45, 7) is 3.78. The summed E-state index contributed by atoms with van der Waals surface area (Å²) < 4.78 is 16.4. The van der Waals surface area contributed by atoms with Gasteiger partial charge >= 0.3 is 6.09 Å². The van der Waals surface area contributed by atoms with Crippen LogP contribution in [0.15, 0.2) is 42.4 Å². The van der Waals surface area contributed by atoms with Crippen molar-refractivity contribution < 1.29 is 23.8 Å². The van der Waals surface area contributed by atoms with Crippen LogP contribution < -0.4 is 9.47 Å². The van der Waals surface area contributed by atoms with Crippen LogP contribution in [0.25, 0.3) is 6.08 Å². The minimum absolute atomic E-state index is 0.197. The van der Waals surface area contributed by atoms with E-state index in [1.807, 2.05) is 6.07 Å². The molecule has 0 saturated carbocycles. The van der Waals surface area contributed by atoms with E-state index in [-0.39, 0.29) is 11.5 Å². The number of rotatable bonds is 2. The summed E-state index contributed by atoms with van der Waals surface area (Å²) >= 11 is 0. The van der Waals surface area contributed by atoms with Gasteiger partial charge in [0, 0.05) is 31.5 Å². The largest absolute Gasteiger partial charge is 0.452 e. The quantitative estimate of drug-likeness (QED) is 0.761. The van der Waals surface area contributed by atoms with E-state index < -0.39 is 6.09 Å². The van der Waals surface area contributed by atoms with E-state index in [4.69, 9.17) is 14.2 Å². The Balaban J connectivity index is 1.56. The van der Waals surface area contributed by atoms with Crippen LogP contribution in [0, 0.1) is 6.92 Å². The number of Topliss-reactive ketones (excluding diaryl/α,β-unsaturated/α-hetero) is 1. The Labute approximate surface area is 156 Å². The molecule has 2 aliphatic rings. The number of aryl methyl sites for hydroxylation is 1. The first-order valence-electron chi connectivity index (χ1n) is 8.65. The van der Waals surface area contributed by atoms with Crippen LogP contribution in [0.1, 0.15) is 21.5 Å². The van der Waals surface area contributed by atoms with Crippen LogP contribution >= 0.6 is 0 Å². The van der Waals surface area contributed by atoms with Gasteiger partial charge in [-0.1, -0.05) is 6.07 Å². The van der Waals surface area contributed by atoms with Gasteiger partial charge in [-0.15, -0.1) is 0 Å². The number of ketones is 1. The zero-order valence-electron chi connectivity index (χ0n) is 14.8. The predicted molar refractivity (Wildman–Crippen MR) is 96.8 cm³/mol. The van der Waals surface area contributed by atoms with Crippen molar-refractivity contribution in [3.05, 3.63) is 59.1 Å². The number of fused-ring (bicyclic) bond motifs is 1. The van der Waals surface area contributed by atoms with Gasteiger partial charge in [0.05, 0.1) is 18.8 Å². The van der Waals surface area contributed by atoms with Gasteiger partial charge in [0.2, 0.25) is 5.78 Å². The first-order chi connectivity index (χ1) is 13.1. The molecule has 138 valence electrons. The Morgan fingerprint density at radius 3 is 2.85 bits per heavy atom. The minimum atomic E-state index is -0.437. The van der Waals surface area contributed by atoms with Crippen LogP contribution in [0.3, 0.4) is 0 Å². The SMILES string of the molecule is Cc1cc(OC(=O)N2CCOCC2)cc2c1C(=O)C(=Cc1cccnc1)O2. The zero-order chi connectivity index (χ0) is 18.8. The lowest BCUT2D eigenvalue weighted by Crippen LogP contribution is -2.42. The molecule has 0 atom stereocenters. The number of hydrogen-bond donors (Lipinski definition) is 0. The number of morpholine rings is 1. The summed E-state index contributed by atoms with van der Waals surface area (Å²) in [6, 6.07) is 6.86. The standard InChI is InChI=1S/C20H18N2O5/c1-13-9-15(26-20(24)22-5-7-25-8-6-22)11-16-18(13)19(23)17(27-16)10-14-3-2-4-21-12-14/h2-4,9-12H,5-8H2,1H3. The molecule has 2 aliphatic heterocycles. The number of nitrogens with zero attached hydrogens (tertiary/aromatic N) is 2. The zero-order valence-corrected chi connectivity index (χ0v) is 14.8. The highest BCUT2D eigenvalue weighted by molar-refractivity contribution is 6.15.